The van der Waals surface area contributed by atoms with Crippen molar-refractivity contribution < 1.29 is 9.32 Å². The summed E-state index contributed by atoms with van der Waals surface area (Å²) in [6.07, 6.45) is 5.69. The van der Waals surface area contributed by atoms with Gasteiger partial charge in [0.15, 0.2) is 5.69 Å². The molecule has 0 saturated heterocycles. The van der Waals surface area contributed by atoms with E-state index in [-0.39, 0.29) is 11.9 Å². The summed E-state index contributed by atoms with van der Waals surface area (Å²) in [5.74, 6) is 1.06. The van der Waals surface area contributed by atoms with Crippen molar-refractivity contribution in [2.75, 3.05) is 0 Å². The summed E-state index contributed by atoms with van der Waals surface area (Å²) in [6.45, 7) is 1.89. The Bertz CT molecular complexity index is 542. The van der Waals surface area contributed by atoms with Crippen LogP contribution in [0, 0.1) is 0 Å². The standard InChI is InChI=1S/C12H14N4O2/c1-7(9-5-13-14-6-9)15-12(17)10-4-11(18-16-10)8-2-3-8/h4-8H,2-3H2,1H3,(H,13,14)(H,15,17). The molecule has 2 aromatic heterocycles. The summed E-state index contributed by atoms with van der Waals surface area (Å²) in [4.78, 5) is 11.9. The Morgan fingerprint density at radius 1 is 1.61 bits per heavy atom. The van der Waals surface area contributed by atoms with Crippen molar-refractivity contribution >= 4 is 5.91 Å². The third-order valence-corrected chi connectivity index (χ3v) is 3.11. The van der Waals surface area contributed by atoms with E-state index in [9.17, 15) is 4.79 Å². The summed E-state index contributed by atoms with van der Waals surface area (Å²) in [5.41, 5.74) is 1.27. The molecule has 2 heterocycles. The molecule has 1 unspecified atom stereocenters. The molecule has 1 atom stereocenters. The zero-order valence-corrected chi connectivity index (χ0v) is 10.0. The van der Waals surface area contributed by atoms with E-state index in [2.05, 4.69) is 20.7 Å². The molecule has 1 saturated carbocycles. The number of hydrogen-bond acceptors (Lipinski definition) is 4. The number of nitrogens with one attached hydrogen (secondary N) is 2. The molecule has 2 aromatic rings. The van der Waals surface area contributed by atoms with Crippen LogP contribution in [0.5, 0.6) is 0 Å². The van der Waals surface area contributed by atoms with Crippen LogP contribution in [-0.4, -0.2) is 21.3 Å². The van der Waals surface area contributed by atoms with Gasteiger partial charge in [0.25, 0.3) is 5.91 Å². The van der Waals surface area contributed by atoms with Gasteiger partial charge >= 0.3 is 0 Å². The maximum absolute atomic E-state index is 11.9. The number of carbonyl (C=O) groups is 1. The molecule has 1 amide bonds. The molecule has 0 aliphatic heterocycles. The maximum Gasteiger partial charge on any atom is 0.273 e. The lowest BCUT2D eigenvalue weighted by Crippen LogP contribution is -2.26. The van der Waals surface area contributed by atoms with E-state index in [1.54, 1.807) is 18.5 Å². The molecule has 2 N–H and O–H groups in total. The molecule has 6 nitrogen and oxygen atoms in total. The van der Waals surface area contributed by atoms with E-state index in [1.807, 2.05) is 6.92 Å². The fourth-order valence-electron chi connectivity index (χ4n) is 1.81. The van der Waals surface area contributed by atoms with Gasteiger partial charge in [0.1, 0.15) is 5.76 Å². The normalized spacial score (nSPS) is 16.5. The molecule has 3 rings (SSSR count). The predicted molar refractivity (Wildman–Crippen MR) is 62.9 cm³/mol. The minimum atomic E-state index is -0.223. The number of H-pyrrole nitrogens is 1. The average molecular weight is 246 g/mol. The van der Waals surface area contributed by atoms with Crippen LogP contribution in [0.15, 0.2) is 23.0 Å². The first kappa shape index (κ1) is 11.0. The van der Waals surface area contributed by atoms with E-state index >= 15 is 0 Å². The van der Waals surface area contributed by atoms with Gasteiger partial charge in [-0.05, 0) is 19.8 Å². The number of nitrogens with zero attached hydrogens (tertiary/aromatic N) is 2. The number of hydrogen-bond donors (Lipinski definition) is 2. The first-order valence-corrected chi connectivity index (χ1v) is 6.00. The van der Waals surface area contributed by atoms with E-state index < -0.39 is 0 Å². The summed E-state index contributed by atoms with van der Waals surface area (Å²) in [7, 11) is 0. The van der Waals surface area contributed by atoms with Crippen molar-refractivity contribution in [3.63, 3.8) is 0 Å². The molecule has 0 aromatic carbocycles. The minimum absolute atomic E-state index is 0.114. The van der Waals surface area contributed by atoms with Crippen molar-refractivity contribution in [2.24, 2.45) is 0 Å². The van der Waals surface area contributed by atoms with Gasteiger partial charge in [-0.1, -0.05) is 5.16 Å². The van der Waals surface area contributed by atoms with E-state index in [0.717, 1.165) is 24.2 Å². The van der Waals surface area contributed by atoms with Gasteiger partial charge in [-0.25, -0.2) is 0 Å². The first-order chi connectivity index (χ1) is 8.74. The molecule has 0 bridgehead atoms. The monoisotopic (exact) mass is 246 g/mol. The van der Waals surface area contributed by atoms with Gasteiger partial charge < -0.3 is 9.84 Å². The lowest BCUT2D eigenvalue weighted by atomic mass is 10.2. The van der Waals surface area contributed by atoms with Crippen molar-refractivity contribution in [2.45, 2.75) is 31.7 Å². The second kappa shape index (κ2) is 4.29. The minimum Gasteiger partial charge on any atom is -0.360 e. The second-order valence-electron chi connectivity index (χ2n) is 4.62. The zero-order chi connectivity index (χ0) is 12.5. The number of carbonyl (C=O) groups excluding carboxylic acids is 1. The number of amides is 1. The highest BCUT2D eigenvalue weighted by Gasteiger charge is 2.29. The van der Waals surface area contributed by atoms with Crippen LogP contribution in [-0.2, 0) is 0 Å². The molecular weight excluding hydrogens is 232 g/mol. The van der Waals surface area contributed by atoms with Crippen LogP contribution in [0.2, 0.25) is 0 Å². The van der Waals surface area contributed by atoms with Crippen LogP contribution in [0.3, 0.4) is 0 Å². The smallest absolute Gasteiger partial charge is 0.273 e. The van der Waals surface area contributed by atoms with Gasteiger partial charge in [0.2, 0.25) is 0 Å². The Morgan fingerprint density at radius 3 is 3.11 bits per heavy atom. The summed E-state index contributed by atoms with van der Waals surface area (Å²) in [5, 5.41) is 13.2. The summed E-state index contributed by atoms with van der Waals surface area (Å²) < 4.78 is 5.15. The van der Waals surface area contributed by atoms with E-state index in [4.69, 9.17) is 4.52 Å². The van der Waals surface area contributed by atoms with E-state index in [1.165, 1.54) is 0 Å². The average Bonchev–Trinajstić information content (AvgIpc) is 2.91. The molecule has 0 radical (unpaired) electrons. The molecule has 94 valence electrons. The first-order valence-electron chi connectivity index (χ1n) is 6.00. The zero-order valence-electron chi connectivity index (χ0n) is 10.0. The van der Waals surface area contributed by atoms with Crippen LogP contribution in [0.1, 0.15) is 53.5 Å². The molecule has 1 aliphatic rings. The molecule has 18 heavy (non-hydrogen) atoms. The van der Waals surface area contributed by atoms with Gasteiger partial charge in [-0.15, -0.1) is 0 Å². The number of rotatable bonds is 4. The highest BCUT2D eigenvalue weighted by molar-refractivity contribution is 5.92. The predicted octanol–water partition coefficient (Wildman–Crippen LogP) is 1.77. The fourth-order valence-corrected chi connectivity index (χ4v) is 1.81. The molecule has 1 fully saturated rings. The highest BCUT2D eigenvalue weighted by Crippen LogP contribution is 2.40. The molecule has 1 aliphatic carbocycles. The Hall–Kier alpha value is -2.11. The lowest BCUT2D eigenvalue weighted by Gasteiger charge is -2.09. The largest absolute Gasteiger partial charge is 0.360 e. The molecule has 6 heteroatoms. The van der Waals surface area contributed by atoms with Crippen molar-refractivity contribution in [1.29, 1.82) is 0 Å². The summed E-state index contributed by atoms with van der Waals surface area (Å²) >= 11 is 0. The molecule has 0 spiro atoms. The Morgan fingerprint density at radius 2 is 2.44 bits per heavy atom. The lowest BCUT2D eigenvalue weighted by molar-refractivity contribution is 0.0930. The van der Waals surface area contributed by atoms with Crippen LogP contribution in [0.4, 0.5) is 0 Å². The third kappa shape index (κ3) is 2.13. The molecular formula is C12H14N4O2. The van der Waals surface area contributed by atoms with Crippen LogP contribution >= 0.6 is 0 Å². The number of aromatic amines is 1. The van der Waals surface area contributed by atoms with Crippen molar-refractivity contribution in [1.82, 2.24) is 20.7 Å². The third-order valence-electron chi connectivity index (χ3n) is 3.11. The SMILES string of the molecule is CC(NC(=O)c1cc(C2CC2)on1)c1cn[nH]c1. The quantitative estimate of drug-likeness (QED) is 0.861. The van der Waals surface area contributed by atoms with Gasteiger partial charge in [0, 0.05) is 23.7 Å². The van der Waals surface area contributed by atoms with Gasteiger partial charge in [0.05, 0.1) is 12.2 Å². The van der Waals surface area contributed by atoms with Crippen LogP contribution in [0.25, 0.3) is 0 Å². The van der Waals surface area contributed by atoms with Gasteiger partial charge in [-0.2, -0.15) is 5.10 Å². The van der Waals surface area contributed by atoms with Crippen molar-refractivity contribution in [3.8, 4) is 0 Å². The van der Waals surface area contributed by atoms with Gasteiger partial charge in [-0.3, -0.25) is 9.89 Å². The fraction of sp³-hybridized carbons (Fsp3) is 0.417. The second-order valence-corrected chi connectivity index (χ2v) is 4.62. The Balaban J connectivity index is 1.66. The topological polar surface area (TPSA) is 83.8 Å². The van der Waals surface area contributed by atoms with Crippen LogP contribution < -0.4 is 5.32 Å². The van der Waals surface area contributed by atoms with Crippen molar-refractivity contribution in [3.05, 3.63) is 35.5 Å². The maximum atomic E-state index is 11.9. The summed E-state index contributed by atoms with van der Waals surface area (Å²) in [6, 6.07) is 1.62. The van der Waals surface area contributed by atoms with E-state index in [0.29, 0.717) is 11.6 Å². The number of aromatic nitrogens is 3. The Labute approximate surface area is 104 Å². The Kier molecular flexibility index (Phi) is 2.62. The highest BCUT2D eigenvalue weighted by atomic mass is 16.5.